The van der Waals surface area contributed by atoms with Crippen molar-refractivity contribution in [3.63, 3.8) is 0 Å². The minimum Gasteiger partial charge on any atom is -0.368 e. The monoisotopic (exact) mass is 494 g/mol. The van der Waals surface area contributed by atoms with Crippen LogP contribution in [-0.4, -0.2) is 64.6 Å². The number of hydrogen-bond donors (Lipinski definition) is 0. The van der Waals surface area contributed by atoms with Crippen LogP contribution in [0, 0.1) is 12.8 Å². The highest BCUT2D eigenvalue weighted by Crippen LogP contribution is 2.27. The van der Waals surface area contributed by atoms with Crippen LogP contribution in [0.15, 0.2) is 41.3 Å². The Kier molecular flexibility index (Phi) is 6.65. The second-order valence-electron chi connectivity index (χ2n) is 9.36. The number of nitrogens with zero attached hydrogens (tertiary/aromatic N) is 6. The molecule has 0 spiro atoms. The van der Waals surface area contributed by atoms with E-state index < -0.39 is 0 Å². The third-order valence-electron chi connectivity index (χ3n) is 7.17. The van der Waals surface area contributed by atoms with Gasteiger partial charge >= 0.3 is 0 Å². The Bertz CT molecular complexity index is 1300. The molecule has 3 aromatic rings. The molecule has 0 bridgehead atoms. The van der Waals surface area contributed by atoms with Crippen molar-refractivity contribution in [1.82, 2.24) is 19.4 Å². The smallest absolute Gasteiger partial charge is 0.295 e. The average Bonchev–Trinajstić information content (AvgIpc) is 2.89. The van der Waals surface area contributed by atoms with E-state index in [1.54, 1.807) is 10.8 Å². The maximum absolute atomic E-state index is 13.5. The molecule has 2 aliphatic rings. The van der Waals surface area contributed by atoms with E-state index in [1.165, 1.54) is 5.56 Å². The molecule has 1 unspecified atom stereocenters. The Balaban J connectivity index is 1.29. The predicted octanol–water partition coefficient (Wildman–Crippen LogP) is 3.34. The molecular formula is C26H31ClN6O2. The molecular weight excluding hydrogens is 464 g/mol. The number of aromatic nitrogens is 3. The molecule has 35 heavy (non-hydrogen) atoms. The molecule has 2 aromatic heterocycles. The second kappa shape index (κ2) is 9.85. The fourth-order valence-electron chi connectivity index (χ4n) is 5.28. The van der Waals surface area contributed by atoms with Crippen LogP contribution in [0.2, 0.25) is 5.02 Å². The van der Waals surface area contributed by atoms with Gasteiger partial charge in [0.05, 0.1) is 5.92 Å². The number of fused-ring (bicyclic) bond motifs is 1. The van der Waals surface area contributed by atoms with Gasteiger partial charge in [0.1, 0.15) is 5.52 Å². The van der Waals surface area contributed by atoms with Gasteiger partial charge in [-0.25, -0.2) is 9.97 Å². The largest absolute Gasteiger partial charge is 0.368 e. The van der Waals surface area contributed by atoms with E-state index in [0.717, 1.165) is 43.2 Å². The molecule has 4 heterocycles. The van der Waals surface area contributed by atoms with Crippen molar-refractivity contribution in [3.05, 3.63) is 57.5 Å². The molecule has 0 N–H and O–H groups in total. The number of aryl methyl sites for hydroxylation is 2. The third-order valence-corrected chi connectivity index (χ3v) is 7.41. The normalized spacial score (nSPS) is 18.8. The van der Waals surface area contributed by atoms with Gasteiger partial charge in [-0.15, -0.1) is 0 Å². The van der Waals surface area contributed by atoms with E-state index in [2.05, 4.69) is 21.8 Å². The molecule has 0 radical (unpaired) electrons. The number of carbonyl (C=O) groups is 1. The lowest BCUT2D eigenvalue weighted by Crippen LogP contribution is -2.53. The number of amides is 1. The van der Waals surface area contributed by atoms with Gasteiger partial charge < -0.3 is 14.7 Å². The zero-order chi connectivity index (χ0) is 24.5. The first-order valence-corrected chi connectivity index (χ1v) is 12.7. The van der Waals surface area contributed by atoms with Crippen molar-refractivity contribution >= 4 is 40.2 Å². The van der Waals surface area contributed by atoms with Crippen molar-refractivity contribution < 1.29 is 4.79 Å². The number of halogens is 1. The summed E-state index contributed by atoms with van der Waals surface area (Å²) < 4.78 is 1.67. The van der Waals surface area contributed by atoms with Crippen molar-refractivity contribution in [3.8, 4) is 0 Å². The molecule has 2 aliphatic heterocycles. The summed E-state index contributed by atoms with van der Waals surface area (Å²) in [5.74, 6) is 0.464. The van der Waals surface area contributed by atoms with Crippen molar-refractivity contribution in [2.75, 3.05) is 49.1 Å². The van der Waals surface area contributed by atoms with Crippen LogP contribution in [0.1, 0.15) is 25.3 Å². The van der Waals surface area contributed by atoms with Gasteiger partial charge in [-0.1, -0.05) is 17.7 Å². The van der Waals surface area contributed by atoms with Gasteiger partial charge in [0, 0.05) is 62.7 Å². The van der Waals surface area contributed by atoms with Crippen LogP contribution in [-0.2, 0) is 11.3 Å². The third kappa shape index (κ3) is 4.59. The fourth-order valence-corrected chi connectivity index (χ4v) is 5.45. The van der Waals surface area contributed by atoms with E-state index in [4.69, 9.17) is 11.6 Å². The average molecular weight is 495 g/mol. The molecule has 2 saturated heterocycles. The number of benzene rings is 1. The number of carbonyl (C=O) groups excluding carboxylic acids is 1. The van der Waals surface area contributed by atoms with Crippen LogP contribution >= 0.6 is 11.6 Å². The van der Waals surface area contributed by atoms with Crippen molar-refractivity contribution in [2.24, 2.45) is 5.92 Å². The van der Waals surface area contributed by atoms with Crippen molar-refractivity contribution in [2.45, 2.75) is 33.2 Å². The van der Waals surface area contributed by atoms with Gasteiger partial charge in [0.15, 0.2) is 11.5 Å². The van der Waals surface area contributed by atoms with Crippen LogP contribution in [0.3, 0.4) is 0 Å². The van der Waals surface area contributed by atoms with Gasteiger partial charge in [-0.05, 0) is 56.5 Å². The zero-order valence-electron chi connectivity index (χ0n) is 20.3. The SMILES string of the molecule is CCn1c(=O)c(N2CCCC(C(=O)N3CCN(c4cc(Cl)ccc4C)CC3)C2)nc2cccnc21. The lowest BCUT2D eigenvalue weighted by molar-refractivity contribution is -0.136. The highest BCUT2D eigenvalue weighted by molar-refractivity contribution is 6.30. The van der Waals surface area contributed by atoms with Crippen LogP contribution in [0.4, 0.5) is 11.5 Å². The molecule has 8 nitrogen and oxygen atoms in total. The minimum atomic E-state index is -0.141. The molecule has 0 aliphatic carbocycles. The van der Waals surface area contributed by atoms with E-state index in [0.29, 0.717) is 43.2 Å². The van der Waals surface area contributed by atoms with Crippen molar-refractivity contribution in [1.29, 1.82) is 0 Å². The number of piperazine rings is 1. The lowest BCUT2D eigenvalue weighted by Gasteiger charge is -2.40. The maximum Gasteiger partial charge on any atom is 0.295 e. The summed E-state index contributed by atoms with van der Waals surface area (Å²) in [6.07, 6.45) is 3.37. The molecule has 184 valence electrons. The highest BCUT2D eigenvalue weighted by atomic mass is 35.5. The molecule has 9 heteroatoms. The maximum atomic E-state index is 13.5. The highest BCUT2D eigenvalue weighted by Gasteiger charge is 2.33. The molecule has 0 saturated carbocycles. The Labute approximate surface area is 210 Å². The lowest BCUT2D eigenvalue weighted by atomic mass is 9.96. The number of hydrogen-bond acceptors (Lipinski definition) is 6. The molecule has 2 fully saturated rings. The summed E-state index contributed by atoms with van der Waals surface area (Å²) in [6.45, 7) is 8.72. The minimum absolute atomic E-state index is 0.135. The number of anilines is 2. The Hall–Kier alpha value is -3.13. The van der Waals surface area contributed by atoms with Gasteiger partial charge in [0.25, 0.3) is 5.56 Å². The number of rotatable bonds is 4. The number of pyridine rings is 1. The number of piperidine rings is 1. The molecule has 1 amide bonds. The van der Waals surface area contributed by atoms with Crippen LogP contribution in [0.25, 0.3) is 11.2 Å². The summed E-state index contributed by atoms with van der Waals surface area (Å²) >= 11 is 6.22. The van der Waals surface area contributed by atoms with Gasteiger partial charge in [0.2, 0.25) is 5.91 Å². The van der Waals surface area contributed by atoms with E-state index in [-0.39, 0.29) is 17.4 Å². The first kappa shape index (κ1) is 23.6. The summed E-state index contributed by atoms with van der Waals surface area (Å²) in [4.78, 5) is 42.0. The van der Waals surface area contributed by atoms with Crippen LogP contribution < -0.4 is 15.4 Å². The standard InChI is InChI=1S/C26H31ClN6O2/c1-3-33-23-21(7-4-10-28-23)29-24(26(33)35)32-11-5-6-19(17-32)25(34)31-14-12-30(13-15-31)22-16-20(27)9-8-18(22)2/h4,7-10,16,19H,3,5-6,11-15,17H2,1-2H3. The second-order valence-corrected chi connectivity index (χ2v) is 9.80. The topological polar surface area (TPSA) is 74.6 Å². The summed E-state index contributed by atoms with van der Waals surface area (Å²) in [5, 5.41) is 0.728. The Morgan fingerprint density at radius 1 is 1.11 bits per heavy atom. The summed E-state index contributed by atoms with van der Waals surface area (Å²) in [7, 11) is 0. The quantitative estimate of drug-likeness (QED) is 0.554. The zero-order valence-corrected chi connectivity index (χ0v) is 21.0. The fraction of sp³-hybridized carbons (Fsp3) is 0.462. The molecule has 1 atom stereocenters. The van der Waals surface area contributed by atoms with Crippen LogP contribution in [0.5, 0.6) is 0 Å². The van der Waals surface area contributed by atoms with Gasteiger partial charge in [-0.2, -0.15) is 0 Å². The Morgan fingerprint density at radius 3 is 2.69 bits per heavy atom. The summed E-state index contributed by atoms with van der Waals surface area (Å²) in [6, 6.07) is 9.66. The van der Waals surface area contributed by atoms with E-state index in [9.17, 15) is 9.59 Å². The summed E-state index contributed by atoms with van der Waals surface area (Å²) in [5.41, 5.74) is 3.48. The predicted molar refractivity (Wildman–Crippen MR) is 139 cm³/mol. The first-order chi connectivity index (χ1) is 17.0. The van der Waals surface area contributed by atoms with E-state index >= 15 is 0 Å². The molecule has 5 rings (SSSR count). The van der Waals surface area contributed by atoms with Gasteiger partial charge in [-0.3, -0.25) is 14.2 Å². The Morgan fingerprint density at radius 2 is 1.91 bits per heavy atom. The first-order valence-electron chi connectivity index (χ1n) is 12.4. The van der Waals surface area contributed by atoms with E-state index in [1.807, 2.05) is 47.1 Å². The molecule has 1 aromatic carbocycles.